The van der Waals surface area contributed by atoms with Crippen molar-refractivity contribution in [3.8, 4) is 5.75 Å². The number of rotatable bonds is 9. The van der Waals surface area contributed by atoms with Crippen LogP contribution in [0.5, 0.6) is 5.75 Å². The maximum absolute atomic E-state index is 12.4. The summed E-state index contributed by atoms with van der Waals surface area (Å²) in [7, 11) is 0. The van der Waals surface area contributed by atoms with Crippen molar-refractivity contribution in [3.05, 3.63) is 90.0 Å². The fourth-order valence-electron chi connectivity index (χ4n) is 2.84. The van der Waals surface area contributed by atoms with Crippen LogP contribution in [0, 0.1) is 0 Å². The van der Waals surface area contributed by atoms with Crippen LogP contribution in [0.1, 0.15) is 22.8 Å². The van der Waals surface area contributed by atoms with E-state index in [4.69, 9.17) is 4.74 Å². The predicted octanol–water partition coefficient (Wildman–Crippen LogP) is 4.07. The first-order valence-corrected chi connectivity index (χ1v) is 9.83. The largest absolute Gasteiger partial charge is 0.487 e. The van der Waals surface area contributed by atoms with Crippen LogP contribution < -0.4 is 20.7 Å². The number of benzene rings is 3. The summed E-state index contributed by atoms with van der Waals surface area (Å²) in [6, 6.07) is 24.2. The van der Waals surface area contributed by atoms with Gasteiger partial charge in [0.2, 0.25) is 5.91 Å². The Hall–Kier alpha value is -3.80. The van der Waals surface area contributed by atoms with E-state index in [-0.39, 0.29) is 18.4 Å². The first-order chi connectivity index (χ1) is 14.7. The highest BCUT2D eigenvalue weighted by Crippen LogP contribution is 2.24. The van der Waals surface area contributed by atoms with Crippen LogP contribution in [0.3, 0.4) is 0 Å². The zero-order chi connectivity index (χ0) is 21.2. The smallest absolute Gasteiger partial charge is 0.251 e. The van der Waals surface area contributed by atoms with E-state index >= 15 is 0 Å². The van der Waals surface area contributed by atoms with Gasteiger partial charge < -0.3 is 20.7 Å². The minimum absolute atomic E-state index is 0.0614. The number of hydrogen-bond acceptors (Lipinski definition) is 4. The molecule has 0 aromatic heterocycles. The summed E-state index contributed by atoms with van der Waals surface area (Å²) in [5.74, 6) is 0.247. The minimum Gasteiger partial charge on any atom is -0.487 e. The zero-order valence-electron chi connectivity index (χ0n) is 16.9. The molecule has 0 aliphatic rings. The highest BCUT2D eigenvalue weighted by molar-refractivity contribution is 5.96. The van der Waals surface area contributed by atoms with Gasteiger partial charge in [0.05, 0.1) is 12.2 Å². The molecule has 0 radical (unpaired) electrons. The van der Waals surface area contributed by atoms with Crippen LogP contribution in [0.25, 0.3) is 0 Å². The predicted molar refractivity (Wildman–Crippen MR) is 119 cm³/mol. The van der Waals surface area contributed by atoms with Crippen molar-refractivity contribution >= 4 is 23.2 Å². The molecule has 0 atom stereocenters. The molecule has 3 rings (SSSR count). The van der Waals surface area contributed by atoms with Crippen molar-refractivity contribution in [3.63, 3.8) is 0 Å². The molecular formula is C24H25N3O3. The zero-order valence-corrected chi connectivity index (χ0v) is 16.9. The van der Waals surface area contributed by atoms with Crippen LogP contribution in [0.2, 0.25) is 0 Å². The van der Waals surface area contributed by atoms with Crippen LogP contribution in [-0.2, 0) is 11.4 Å². The Morgan fingerprint density at radius 1 is 0.900 bits per heavy atom. The van der Waals surface area contributed by atoms with E-state index in [1.807, 2.05) is 61.5 Å². The number of carbonyl (C=O) groups is 2. The number of amides is 2. The fraction of sp³-hybridized carbons (Fsp3) is 0.167. The normalized spacial score (nSPS) is 10.2. The van der Waals surface area contributed by atoms with Gasteiger partial charge in [-0.05, 0) is 42.8 Å². The Morgan fingerprint density at radius 2 is 1.67 bits per heavy atom. The van der Waals surface area contributed by atoms with Crippen molar-refractivity contribution in [1.82, 2.24) is 5.32 Å². The number of ether oxygens (including phenoxy) is 1. The Balaban J connectivity index is 1.56. The standard InChI is InChI=1S/C24H25N3O3/c1-2-25-24(29)19-11-8-12-20(15-19)26-16-23(28)27-21-13-6-7-14-22(21)30-17-18-9-4-3-5-10-18/h3-15,26H,2,16-17H2,1H3,(H,25,29)(H,27,28). The topological polar surface area (TPSA) is 79.5 Å². The first-order valence-electron chi connectivity index (χ1n) is 9.83. The number of nitrogens with one attached hydrogen (secondary N) is 3. The van der Waals surface area contributed by atoms with Crippen molar-refractivity contribution < 1.29 is 14.3 Å². The van der Waals surface area contributed by atoms with E-state index in [1.54, 1.807) is 24.3 Å². The van der Waals surface area contributed by atoms with Gasteiger partial charge in [-0.25, -0.2) is 0 Å². The van der Waals surface area contributed by atoms with Crippen LogP contribution in [-0.4, -0.2) is 24.9 Å². The summed E-state index contributed by atoms with van der Waals surface area (Å²) in [6.07, 6.45) is 0. The lowest BCUT2D eigenvalue weighted by Gasteiger charge is -2.13. The minimum atomic E-state index is -0.214. The maximum Gasteiger partial charge on any atom is 0.251 e. The molecule has 0 fully saturated rings. The monoisotopic (exact) mass is 403 g/mol. The molecule has 6 nitrogen and oxygen atoms in total. The number of anilines is 2. The summed E-state index contributed by atoms with van der Waals surface area (Å²) < 4.78 is 5.87. The van der Waals surface area contributed by atoms with E-state index in [1.165, 1.54) is 0 Å². The van der Waals surface area contributed by atoms with Crippen LogP contribution in [0.15, 0.2) is 78.9 Å². The van der Waals surface area contributed by atoms with Gasteiger partial charge in [0.25, 0.3) is 5.91 Å². The summed E-state index contributed by atoms with van der Waals surface area (Å²) in [5, 5.41) is 8.67. The summed E-state index contributed by atoms with van der Waals surface area (Å²) >= 11 is 0. The highest BCUT2D eigenvalue weighted by Gasteiger charge is 2.09. The van der Waals surface area contributed by atoms with Gasteiger partial charge in [0, 0.05) is 17.8 Å². The van der Waals surface area contributed by atoms with Gasteiger partial charge in [-0.3, -0.25) is 9.59 Å². The third-order valence-corrected chi connectivity index (χ3v) is 4.31. The highest BCUT2D eigenvalue weighted by atomic mass is 16.5. The Kier molecular flexibility index (Phi) is 7.44. The number of carbonyl (C=O) groups excluding carboxylic acids is 2. The average molecular weight is 403 g/mol. The Bertz CT molecular complexity index is 990. The van der Waals surface area contributed by atoms with Crippen molar-refractivity contribution in [2.24, 2.45) is 0 Å². The van der Waals surface area contributed by atoms with Crippen LogP contribution in [0.4, 0.5) is 11.4 Å². The van der Waals surface area contributed by atoms with E-state index in [2.05, 4.69) is 16.0 Å². The van der Waals surface area contributed by atoms with E-state index in [0.717, 1.165) is 5.56 Å². The molecule has 0 heterocycles. The fourth-order valence-corrected chi connectivity index (χ4v) is 2.84. The number of para-hydroxylation sites is 2. The molecule has 3 aromatic carbocycles. The second kappa shape index (κ2) is 10.7. The molecule has 2 amide bonds. The summed E-state index contributed by atoms with van der Waals surface area (Å²) in [5.41, 5.74) is 2.90. The molecule has 0 saturated carbocycles. The van der Waals surface area contributed by atoms with Crippen molar-refractivity contribution in [2.45, 2.75) is 13.5 Å². The van der Waals surface area contributed by atoms with Crippen molar-refractivity contribution in [1.29, 1.82) is 0 Å². The molecule has 154 valence electrons. The quantitative estimate of drug-likeness (QED) is 0.503. The Labute approximate surface area is 176 Å². The van der Waals surface area contributed by atoms with Gasteiger partial charge in [-0.2, -0.15) is 0 Å². The average Bonchev–Trinajstić information content (AvgIpc) is 2.78. The van der Waals surface area contributed by atoms with Gasteiger partial charge >= 0.3 is 0 Å². The van der Waals surface area contributed by atoms with E-state index in [0.29, 0.717) is 35.8 Å². The second-order valence-electron chi connectivity index (χ2n) is 6.61. The van der Waals surface area contributed by atoms with Gasteiger partial charge in [0.15, 0.2) is 0 Å². The molecular weight excluding hydrogens is 378 g/mol. The molecule has 0 aliphatic heterocycles. The van der Waals surface area contributed by atoms with Gasteiger partial charge in [-0.1, -0.05) is 48.5 Å². The van der Waals surface area contributed by atoms with E-state index < -0.39 is 0 Å². The summed E-state index contributed by atoms with van der Waals surface area (Å²) in [6.45, 7) is 2.90. The lowest BCUT2D eigenvalue weighted by Crippen LogP contribution is -2.24. The third kappa shape index (κ3) is 6.10. The maximum atomic E-state index is 12.4. The van der Waals surface area contributed by atoms with Gasteiger partial charge in [-0.15, -0.1) is 0 Å². The lowest BCUT2D eigenvalue weighted by atomic mass is 10.2. The van der Waals surface area contributed by atoms with Gasteiger partial charge in [0.1, 0.15) is 12.4 Å². The molecule has 0 saturated heterocycles. The SMILES string of the molecule is CCNC(=O)c1cccc(NCC(=O)Nc2ccccc2OCc2ccccc2)c1. The molecule has 30 heavy (non-hydrogen) atoms. The second-order valence-corrected chi connectivity index (χ2v) is 6.61. The summed E-state index contributed by atoms with van der Waals surface area (Å²) in [4.78, 5) is 24.4. The molecule has 3 aromatic rings. The molecule has 0 unspecified atom stereocenters. The van der Waals surface area contributed by atoms with Crippen molar-refractivity contribution in [2.75, 3.05) is 23.7 Å². The third-order valence-electron chi connectivity index (χ3n) is 4.31. The molecule has 3 N–H and O–H groups in total. The van der Waals surface area contributed by atoms with Crippen LogP contribution >= 0.6 is 0 Å². The lowest BCUT2D eigenvalue weighted by molar-refractivity contribution is -0.114. The molecule has 6 heteroatoms. The molecule has 0 spiro atoms. The first kappa shape index (κ1) is 20.9. The Morgan fingerprint density at radius 3 is 2.47 bits per heavy atom. The molecule has 0 aliphatic carbocycles. The molecule has 0 bridgehead atoms. The van der Waals surface area contributed by atoms with E-state index in [9.17, 15) is 9.59 Å². The number of hydrogen-bond donors (Lipinski definition) is 3.